The highest BCUT2D eigenvalue weighted by atomic mass is 35.5. The minimum atomic E-state index is -0.338. The van der Waals surface area contributed by atoms with Gasteiger partial charge in [-0.1, -0.05) is 6.92 Å². The van der Waals surface area contributed by atoms with Crippen LogP contribution in [0, 0.1) is 5.92 Å². The molecule has 0 aromatic heterocycles. The molecule has 0 aliphatic carbocycles. The second-order valence-corrected chi connectivity index (χ2v) is 3.17. The molecule has 0 saturated heterocycles. The van der Waals surface area contributed by atoms with E-state index in [0.29, 0.717) is 18.7 Å². The molecule has 13 heavy (non-hydrogen) atoms. The van der Waals surface area contributed by atoms with Crippen molar-refractivity contribution in [3.05, 3.63) is 0 Å². The van der Waals surface area contributed by atoms with Gasteiger partial charge in [-0.2, -0.15) is 0 Å². The molecule has 0 N–H and O–H groups in total. The van der Waals surface area contributed by atoms with Gasteiger partial charge in [0.15, 0.2) is 0 Å². The van der Waals surface area contributed by atoms with Gasteiger partial charge in [-0.05, 0) is 6.42 Å². The normalized spacial score (nSPS) is 12.2. The third kappa shape index (κ3) is 4.88. The van der Waals surface area contributed by atoms with E-state index < -0.39 is 0 Å². The molecule has 0 amide bonds. The number of hydrogen-bond acceptors (Lipinski definition) is 3. The van der Waals surface area contributed by atoms with Crippen LogP contribution in [0.4, 0.5) is 0 Å². The van der Waals surface area contributed by atoms with Gasteiger partial charge < -0.3 is 4.74 Å². The molecule has 0 aliphatic rings. The number of carbonyl (C=O) groups excluding carboxylic acids is 2. The van der Waals surface area contributed by atoms with Gasteiger partial charge in [0, 0.05) is 18.2 Å². The largest absolute Gasteiger partial charge is 0.469 e. The summed E-state index contributed by atoms with van der Waals surface area (Å²) in [5.74, 6) is -0.208. The zero-order valence-electron chi connectivity index (χ0n) is 8.01. The highest BCUT2D eigenvalue weighted by Crippen LogP contribution is 2.12. The first-order valence-electron chi connectivity index (χ1n) is 4.31. The van der Waals surface area contributed by atoms with Crippen LogP contribution in [-0.2, 0) is 14.3 Å². The molecule has 4 heteroatoms. The molecule has 0 fully saturated rings. The Balaban J connectivity index is 4.01. The first kappa shape index (κ1) is 12.4. The Morgan fingerprint density at radius 2 is 2.08 bits per heavy atom. The monoisotopic (exact) mass is 206 g/mol. The third-order valence-electron chi connectivity index (χ3n) is 1.93. The third-order valence-corrected chi connectivity index (χ3v) is 2.12. The van der Waals surface area contributed by atoms with Crippen molar-refractivity contribution in [1.82, 2.24) is 0 Å². The fourth-order valence-corrected chi connectivity index (χ4v) is 1.25. The Bertz CT molecular complexity index is 180. The van der Waals surface area contributed by atoms with Gasteiger partial charge in [-0.15, -0.1) is 11.6 Å². The van der Waals surface area contributed by atoms with Crippen LogP contribution in [0.25, 0.3) is 0 Å². The lowest BCUT2D eigenvalue weighted by molar-refractivity contribution is -0.143. The summed E-state index contributed by atoms with van der Waals surface area (Å²) in [6.07, 6.45) is 1.16. The molecule has 0 saturated carbocycles. The van der Waals surface area contributed by atoms with Crippen molar-refractivity contribution >= 4 is 23.4 Å². The van der Waals surface area contributed by atoms with Crippen molar-refractivity contribution in [2.45, 2.75) is 26.2 Å². The maximum atomic E-state index is 11.3. The number of rotatable bonds is 6. The second kappa shape index (κ2) is 6.89. The number of Topliss-reactive ketones (excluding diaryl/α,β-unsaturated/α-hetero) is 1. The first-order valence-corrected chi connectivity index (χ1v) is 4.84. The quantitative estimate of drug-likeness (QED) is 0.492. The van der Waals surface area contributed by atoms with Gasteiger partial charge in [0.2, 0.25) is 0 Å². The molecular weight excluding hydrogens is 192 g/mol. The Hall–Kier alpha value is -0.570. The van der Waals surface area contributed by atoms with E-state index in [1.807, 2.05) is 6.92 Å². The van der Waals surface area contributed by atoms with E-state index in [9.17, 15) is 9.59 Å². The number of alkyl halides is 1. The van der Waals surface area contributed by atoms with Gasteiger partial charge in [0.1, 0.15) is 5.78 Å². The molecule has 0 radical (unpaired) electrons. The highest BCUT2D eigenvalue weighted by molar-refractivity contribution is 6.19. The summed E-state index contributed by atoms with van der Waals surface area (Å²) < 4.78 is 4.49. The van der Waals surface area contributed by atoms with Crippen LogP contribution in [0.5, 0.6) is 0 Å². The molecule has 0 aliphatic heterocycles. The van der Waals surface area contributed by atoms with Crippen LogP contribution in [0.2, 0.25) is 0 Å². The van der Waals surface area contributed by atoms with Crippen LogP contribution in [-0.4, -0.2) is 24.7 Å². The van der Waals surface area contributed by atoms with E-state index in [4.69, 9.17) is 11.6 Å². The van der Waals surface area contributed by atoms with Gasteiger partial charge in [0.25, 0.3) is 0 Å². The van der Waals surface area contributed by atoms with Gasteiger partial charge in [0.05, 0.1) is 13.5 Å². The minimum absolute atomic E-state index is 0.0444. The Morgan fingerprint density at radius 3 is 2.46 bits per heavy atom. The number of carbonyl (C=O) groups is 2. The maximum Gasteiger partial charge on any atom is 0.306 e. The standard InChI is InChI=1S/C9H15ClO3/c1-3-7(6-9(12)13-2)8(11)4-5-10/h7H,3-6H2,1-2H3. The molecular formula is C9H15ClO3. The summed E-state index contributed by atoms with van der Waals surface area (Å²) in [6, 6.07) is 0. The Kier molecular flexibility index (Phi) is 6.59. The predicted molar refractivity (Wildman–Crippen MR) is 50.8 cm³/mol. The summed E-state index contributed by atoms with van der Waals surface area (Å²) in [6.45, 7) is 1.87. The number of ether oxygens (including phenoxy) is 1. The predicted octanol–water partition coefficient (Wildman–Crippen LogP) is 1.77. The molecule has 0 bridgehead atoms. The van der Waals surface area contributed by atoms with Crippen LogP contribution >= 0.6 is 11.6 Å². The SMILES string of the molecule is CCC(CC(=O)OC)C(=O)CCCl. The van der Waals surface area contributed by atoms with Crippen molar-refractivity contribution < 1.29 is 14.3 Å². The molecule has 0 aromatic carbocycles. The Morgan fingerprint density at radius 1 is 1.46 bits per heavy atom. The Labute approximate surface area is 83.4 Å². The molecule has 0 aromatic rings. The number of halogens is 1. The number of esters is 1. The molecule has 1 atom stereocenters. The number of methoxy groups -OCH3 is 1. The van der Waals surface area contributed by atoms with Crippen LogP contribution < -0.4 is 0 Å². The maximum absolute atomic E-state index is 11.3. The summed E-state index contributed by atoms with van der Waals surface area (Å²) in [5, 5.41) is 0. The average Bonchev–Trinajstić information content (AvgIpc) is 2.14. The zero-order valence-corrected chi connectivity index (χ0v) is 8.76. The van der Waals surface area contributed by atoms with E-state index in [1.165, 1.54) is 7.11 Å². The molecule has 0 spiro atoms. The van der Waals surface area contributed by atoms with Gasteiger partial charge in [-0.25, -0.2) is 0 Å². The summed E-state index contributed by atoms with van der Waals surface area (Å²) in [5.41, 5.74) is 0. The average molecular weight is 207 g/mol. The second-order valence-electron chi connectivity index (χ2n) is 2.79. The molecule has 1 unspecified atom stereocenters. The lowest BCUT2D eigenvalue weighted by Gasteiger charge is -2.10. The van der Waals surface area contributed by atoms with E-state index in [1.54, 1.807) is 0 Å². The topological polar surface area (TPSA) is 43.4 Å². The van der Waals surface area contributed by atoms with E-state index in [-0.39, 0.29) is 24.1 Å². The zero-order chi connectivity index (χ0) is 10.3. The van der Waals surface area contributed by atoms with Crippen LogP contribution in [0.15, 0.2) is 0 Å². The number of hydrogen-bond donors (Lipinski definition) is 0. The van der Waals surface area contributed by atoms with Gasteiger partial charge >= 0.3 is 5.97 Å². The fourth-order valence-electron chi connectivity index (χ4n) is 1.07. The summed E-state index contributed by atoms with van der Waals surface area (Å²) in [4.78, 5) is 22.2. The molecule has 76 valence electrons. The summed E-state index contributed by atoms with van der Waals surface area (Å²) >= 11 is 5.43. The van der Waals surface area contributed by atoms with Crippen molar-refractivity contribution in [1.29, 1.82) is 0 Å². The smallest absolute Gasteiger partial charge is 0.306 e. The molecule has 0 heterocycles. The van der Waals surface area contributed by atoms with Crippen molar-refractivity contribution in [2.75, 3.05) is 13.0 Å². The highest BCUT2D eigenvalue weighted by Gasteiger charge is 2.19. The lowest BCUT2D eigenvalue weighted by Crippen LogP contribution is -2.18. The van der Waals surface area contributed by atoms with Crippen LogP contribution in [0.1, 0.15) is 26.2 Å². The summed E-state index contributed by atoms with van der Waals surface area (Å²) in [7, 11) is 1.32. The first-order chi connectivity index (χ1) is 6.15. The van der Waals surface area contributed by atoms with E-state index >= 15 is 0 Å². The van der Waals surface area contributed by atoms with Crippen molar-refractivity contribution in [3.63, 3.8) is 0 Å². The molecule has 3 nitrogen and oxygen atoms in total. The minimum Gasteiger partial charge on any atom is -0.469 e. The molecule has 0 rings (SSSR count). The van der Waals surface area contributed by atoms with E-state index in [2.05, 4.69) is 4.74 Å². The van der Waals surface area contributed by atoms with E-state index in [0.717, 1.165) is 0 Å². The van der Waals surface area contributed by atoms with Crippen molar-refractivity contribution in [3.8, 4) is 0 Å². The van der Waals surface area contributed by atoms with Gasteiger partial charge in [-0.3, -0.25) is 9.59 Å². The number of ketones is 1. The lowest BCUT2D eigenvalue weighted by atomic mass is 9.96. The fraction of sp³-hybridized carbons (Fsp3) is 0.778. The van der Waals surface area contributed by atoms with Crippen LogP contribution in [0.3, 0.4) is 0 Å². The van der Waals surface area contributed by atoms with Crippen molar-refractivity contribution in [2.24, 2.45) is 5.92 Å².